The molecule has 0 amide bonds. The van der Waals surface area contributed by atoms with E-state index in [0.29, 0.717) is 24.3 Å². The average Bonchev–Trinajstić information content (AvgIpc) is 3.46. The molecule has 5 nitrogen and oxygen atoms in total. The Morgan fingerprint density at radius 3 is 2.00 bits per heavy atom. The van der Waals surface area contributed by atoms with Crippen LogP contribution in [0.15, 0.2) is 48.5 Å². The van der Waals surface area contributed by atoms with E-state index in [0.717, 1.165) is 40.0 Å². The standard InChI is InChI=1S/C24H26NO4.BrH/c1-24(15-8-4-6-10-19(15)28-20-11-7-5-9-16(20)24)23(26)27-14-12-17-21-22(29-21)18(13-14)25(17,2)3;/h4-11,14,17-18,21-22H,12-13H2,1-3H3;1H/q+1;/p-1/t14?,17-,18?,21+,22?;/m0./s1. The Hall–Kier alpha value is -1.89. The summed E-state index contributed by atoms with van der Waals surface area (Å²) in [7, 11) is 4.57. The Bertz CT molecular complexity index is 956. The van der Waals surface area contributed by atoms with Gasteiger partial charge < -0.3 is 35.7 Å². The topological polar surface area (TPSA) is 48.1 Å². The summed E-state index contributed by atoms with van der Waals surface area (Å²) in [4.78, 5) is 13.7. The summed E-state index contributed by atoms with van der Waals surface area (Å²) in [6.07, 6.45) is 2.37. The summed E-state index contributed by atoms with van der Waals surface area (Å²) in [6, 6.07) is 16.4. The number of likely N-dealkylation sites (N-methyl/N-ethyl adjacent to an activating group) is 1. The first-order valence-electron chi connectivity index (χ1n) is 10.5. The van der Waals surface area contributed by atoms with Crippen LogP contribution in [-0.4, -0.2) is 54.9 Å². The molecule has 6 rings (SSSR count). The van der Waals surface area contributed by atoms with Gasteiger partial charge in [0.25, 0.3) is 0 Å². The van der Waals surface area contributed by atoms with E-state index in [2.05, 4.69) is 14.1 Å². The lowest BCUT2D eigenvalue weighted by Crippen LogP contribution is -3.00. The minimum atomic E-state index is -0.883. The molecule has 5 atom stereocenters. The van der Waals surface area contributed by atoms with Crippen molar-refractivity contribution in [3.8, 4) is 11.5 Å². The van der Waals surface area contributed by atoms with Crippen LogP contribution in [0.4, 0.5) is 0 Å². The summed E-state index contributed by atoms with van der Waals surface area (Å²) >= 11 is 0. The highest BCUT2D eigenvalue weighted by molar-refractivity contribution is 5.90. The third kappa shape index (κ3) is 2.57. The maximum Gasteiger partial charge on any atom is 0.321 e. The minimum Gasteiger partial charge on any atom is -1.00 e. The predicted molar refractivity (Wildman–Crippen MR) is 107 cm³/mol. The number of benzene rings is 2. The fourth-order valence-electron chi connectivity index (χ4n) is 5.99. The maximum absolute atomic E-state index is 13.7. The predicted octanol–water partition coefficient (Wildman–Crippen LogP) is 0.403. The smallest absolute Gasteiger partial charge is 0.321 e. The van der Waals surface area contributed by atoms with Gasteiger partial charge in [0, 0.05) is 24.0 Å². The highest BCUT2D eigenvalue weighted by Gasteiger charge is 2.71. The van der Waals surface area contributed by atoms with E-state index < -0.39 is 5.41 Å². The van der Waals surface area contributed by atoms with E-state index in [-0.39, 0.29) is 29.1 Å². The van der Waals surface area contributed by atoms with E-state index in [4.69, 9.17) is 14.2 Å². The van der Waals surface area contributed by atoms with Crippen LogP contribution in [0.2, 0.25) is 0 Å². The molecule has 158 valence electrons. The van der Waals surface area contributed by atoms with Gasteiger partial charge in [-0.15, -0.1) is 0 Å². The van der Waals surface area contributed by atoms with Crippen molar-refractivity contribution in [1.29, 1.82) is 0 Å². The fraction of sp³-hybridized carbons (Fsp3) is 0.458. The summed E-state index contributed by atoms with van der Waals surface area (Å²) in [5.41, 5.74) is 0.848. The molecule has 0 aliphatic carbocycles. The number of fused-ring (bicyclic) bond motifs is 7. The lowest BCUT2D eigenvalue weighted by molar-refractivity contribution is -0.938. The van der Waals surface area contributed by atoms with E-state index in [1.165, 1.54) is 0 Å². The number of carbonyl (C=O) groups is 1. The third-order valence-electron chi connectivity index (χ3n) is 7.79. The van der Waals surface area contributed by atoms with Crippen LogP contribution in [-0.2, 0) is 19.7 Å². The molecule has 4 aliphatic rings. The van der Waals surface area contributed by atoms with E-state index in [1.807, 2.05) is 55.5 Å². The number of hydrogen-bond donors (Lipinski definition) is 0. The first-order valence-corrected chi connectivity index (χ1v) is 10.5. The molecule has 0 saturated carbocycles. The second-order valence-corrected chi connectivity index (χ2v) is 9.55. The molecule has 3 fully saturated rings. The largest absolute Gasteiger partial charge is 1.00 e. The number of piperidine rings is 1. The molecule has 4 aliphatic heterocycles. The molecule has 0 aromatic heterocycles. The summed E-state index contributed by atoms with van der Waals surface area (Å²) in [5, 5.41) is 0. The monoisotopic (exact) mass is 471 g/mol. The molecule has 6 heteroatoms. The van der Waals surface area contributed by atoms with Gasteiger partial charge in [0.1, 0.15) is 47.3 Å². The Balaban J connectivity index is 0.00000193. The van der Waals surface area contributed by atoms with Crippen molar-refractivity contribution in [2.24, 2.45) is 0 Å². The van der Waals surface area contributed by atoms with Crippen molar-refractivity contribution in [2.45, 2.75) is 55.6 Å². The number of epoxide rings is 1. The lowest BCUT2D eigenvalue weighted by atomic mass is 9.74. The van der Waals surface area contributed by atoms with Gasteiger partial charge in [-0.1, -0.05) is 36.4 Å². The first-order chi connectivity index (χ1) is 13.9. The van der Waals surface area contributed by atoms with Crippen molar-refractivity contribution in [1.82, 2.24) is 0 Å². The molecule has 2 aromatic carbocycles. The highest BCUT2D eigenvalue weighted by Crippen LogP contribution is 2.53. The second-order valence-electron chi connectivity index (χ2n) is 9.55. The number of quaternary nitrogens is 1. The molecular weight excluding hydrogens is 446 g/mol. The number of morpholine rings is 1. The van der Waals surface area contributed by atoms with E-state index in [9.17, 15) is 4.79 Å². The van der Waals surface area contributed by atoms with Gasteiger partial charge in [0.15, 0.2) is 0 Å². The number of ether oxygens (including phenoxy) is 3. The number of para-hydroxylation sites is 2. The average molecular weight is 472 g/mol. The molecule has 0 N–H and O–H groups in total. The van der Waals surface area contributed by atoms with Gasteiger partial charge in [-0.25, -0.2) is 0 Å². The quantitative estimate of drug-likeness (QED) is 0.361. The SMILES string of the molecule is CC1(C(=O)OC2CC3C4O[C@@H]4[C@H](C2)[N+]3(C)C)c2ccccc2Oc2ccccc21.[Br-]. The number of esters is 1. The highest BCUT2D eigenvalue weighted by atomic mass is 79.9. The summed E-state index contributed by atoms with van der Waals surface area (Å²) < 4.78 is 19.2. The number of nitrogens with zero attached hydrogens (tertiary/aromatic N) is 1. The van der Waals surface area contributed by atoms with Crippen LogP contribution in [0.1, 0.15) is 30.9 Å². The van der Waals surface area contributed by atoms with Gasteiger partial charge in [-0.3, -0.25) is 4.79 Å². The zero-order chi connectivity index (χ0) is 20.0. The molecule has 30 heavy (non-hydrogen) atoms. The van der Waals surface area contributed by atoms with Gasteiger partial charge in [0.2, 0.25) is 0 Å². The van der Waals surface area contributed by atoms with Crippen molar-refractivity contribution < 1.29 is 40.5 Å². The second kappa shape index (κ2) is 6.55. The Morgan fingerprint density at radius 1 is 0.967 bits per heavy atom. The Kier molecular flexibility index (Phi) is 4.38. The molecule has 3 saturated heterocycles. The van der Waals surface area contributed by atoms with Crippen LogP contribution in [0.3, 0.4) is 0 Å². The minimum absolute atomic E-state index is 0. The molecular formula is C24H26BrNO4. The van der Waals surface area contributed by atoms with Crippen molar-refractivity contribution in [3.05, 3.63) is 59.7 Å². The Morgan fingerprint density at radius 2 is 1.47 bits per heavy atom. The first kappa shape index (κ1) is 20.0. The number of hydrogen-bond acceptors (Lipinski definition) is 4. The van der Waals surface area contributed by atoms with Crippen molar-refractivity contribution >= 4 is 5.97 Å². The van der Waals surface area contributed by atoms with Crippen LogP contribution < -0.4 is 21.7 Å². The summed E-state index contributed by atoms with van der Waals surface area (Å²) in [6.45, 7) is 1.97. The number of carbonyl (C=O) groups excluding carboxylic acids is 1. The summed E-state index contributed by atoms with van der Waals surface area (Å²) in [5.74, 6) is 1.26. The number of halogens is 1. The van der Waals surface area contributed by atoms with Crippen LogP contribution >= 0.6 is 0 Å². The molecule has 2 bridgehead atoms. The van der Waals surface area contributed by atoms with Gasteiger partial charge >= 0.3 is 5.97 Å². The lowest BCUT2D eigenvalue weighted by Gasteiger charge is -2.46. The van der Waals surface area contributed by atoms with E-state index >= 15 is 0 Å². The third-order valence-corrected chi connectivity index (χ3v) is 7.79. The van der Waals surface area contributed by atoms with Gasteiger partial charge in [0.05, 0.1) is 14.1 Å². The zero-order valence-electron chi connectivity index (χ0n) is 17.4. The number of rotatable bonds is 2. The van der Waals surface area contributed by atoms with E-state index in [1.54, 1.807) is 0 Å². The van der Waals surface area contributed by atoms with Crippen molar-refractivity contribution in [2.75, 3.05) is 14.1 Å². The molecule has 2 aromatic rings. The van der Waals surface area contributed by atoms with Crippen molar-refractivity contribution in [3.63, 3.8) is 0 Å². The molecule has 0 spiro atoms. The van der Waals surface area contributed by atoms with Gasteiger partial charge in [-0.05, 0) is 19.1 Å². The Labute approximate surface area is 187 Å². The van der Waals surface area contributed by atoms with Crippen LogP contribution in [0.5, 0.6) is 11.5 Å². The molecule has 3 unspecified atom stereocenters. The van der Waals surface area contributed by atoms with Crippen LogP contribution in [0, 0.1) is 0 Å². The fourth-order valence-corrected chi connectivity index (χ4v) is 5.99. The van der Waals surface area contributed by atoms with Crippen LogP contribution in [0.25, 0.3) is 0 Å². The maximum atomic E-state index is 13.7. The van der Waals surface area contributed by atoms with Gasteiger partial charge in [-0.2, -0.15) is 0 Å². The molecule has 4 heterocycles. The normalized spacial score (nSPS) is 33.1. The molecule has 0 radical (unpaired) electrons. The zero-order valence-corrected chi connectivity index (χ0v) is 19.0.